The van der Waals surface area contributed by atoms with Gasteiger partial charge in [-0.25, -0.2) is 0 Å². The third-order valence-electron chi connectivity index (χ3n) is 10.7. The first kappa shape index (κ1) is 22.0. The molecule has 0 aromatic heterocycles. The molecule has 172 valence electrons. The Labute approximate surface area is 190 Å². The molecule has 0 radical (unpaired) electrons. The van der Waals surface area contributed by atoms with E-state index in [2.05, 4.69) is 63.3 Å². The lowest BCUT2D eigenvalue weighted by Crippen LogP contribution is -2.52. The van der Waals surface area contributed by atoms with Gasteiger partial charge in [-0.05, 0) is 125 Å². The number of hydrogen-bond donors (Lipinski definition) is 2. The van der Waals surface area contributed by atoms with Crippen molar-refractivity contribution in [1.82, 2.24) is 5.32 Å². The predicted molar refractivity (Wildman–Crippen MR) is 129 cm³/mol. The Kier molecular flexibility index (Phi) is 5.79. The summed E-state index contributed by atoms with van der Waals surface area (Å²) >= 11 is 0. The van der Waals surface area contributed by atoms with Gasteiger partial charge >= 0.3 is 0 Å². The van der Waals surface area contributed by atoms with Gasteiger partial charge in [-0.1, -0.05) is 37.3 Å². The van der Waals surface area contributed by atoms with Crippen molar-refractivity contribution in [3.63, 3.8) is 0 Å². The van der Waals surface area contributed by atoms with Gasteiger partial charge < -0.3 is 10.4 Å². The zero-order chi connectivity index (χ0) is 21.8. The first-order valence-electron chi connectivity index (χ1n) is 13.3. The van der Waals surface area contributed by atoms with Crippen LogP contribution in [0.15, 0.2) is 30.3 Å². The lowest BCUT2D eigenvalue weighted by molar-refractivity contribution is -0.101. The van der Waals surface area contributed by atoms with Crippen LogP contribution < -0.4 is 5.32 Å². The summed E-state index contributed by atoms with van der Waals surface area (Å²) in [5.41, 5.74) is 1.52. The van der Waals surface area contributed by atoms with Gasteiger partial charge in [0.1, 0.15) is 0 Å². The van der Waals surface area contributed by atoms with Gasteiger partial charge in [0.2, 0.25) is 0 Å². The van der Waals surface area contributed by atoms with Gasteiger partial charge in [-0.15, -0.1) is 0 Å². The predicted octanol–water partition coefficient (Wildman–Crippen LogP) is 6.75. The molecule has 5 rings (SSSR count). The molecular formula is C29H45NO. The van der Waals surface area contributed by atoms with Crippen LogP contribution in [0.2, 0.25) is 0 Å². The first-order chi connectivity index (χ1) is 14.8. The van der Waals surface area contributed by atoms with Gasteiger partial charge in [-0.2, -0.15) is 0 Å². The monoisotopic (exact) mass is 423 g/mol. The van der Waals surface area contributed by atoms with Gasteiger partial charge in [0, 0.05) is 12.1 Å². The van der Waals surface area contributed by atoms with E-state index in [9.17, 15) is 5.11 Å². The lowest BCUT2D eigenvalue weighted by Gasteiger charge is -2.57. The van der Waals surface area contributed by atoms with E-state index in [1.54, 1.807) is 0 Å². The van der Waals surface area contributed by atoms with E-state index in [1.165, 1.54) is 50.5 Å². The molecule has 1 aromatic rings. The fourth-order valence-electron chi connectivity index (χ4n) is 9.29. The maximum absolute atomic E-state index is 10.6. The fraction of sp³-hybridized carbons (Fsp3) is 0.793. The van der Waals surface area contributed by atoms with Gasteiger partial charge in [0.05, 0.1) is 5.60 Å². The second kappa shape index (κ2) is 8.17. The third kappa shape index (κ3) is 3.90. The van der Waals surface area contributed by atoms with Crippen LogP contribution in [-0.2, 0) is 0 Å². The largest absolute Gasteiger partial charge is 0.390 e. The number of benzene rings is 1. The number of fused-ring (bicyclic) bond motifs is 5. The zero-order valence-corrected chi connectivity index (χ0v) is 20.3. The van der Waals surface area contributed by atoms with Crippen LogP contribution in [0.3, 0.4) is 0 Å². The number of aliphatic hydroxyl groups is 1. The molecular weight excluding hydrogens is 378 g/mol. The molecule has 1 aromatic carbocycles. The van der Waals surface area contributed by atoms with Gasteiger partial charge in [0.25, 0.3) is 0 Å². The molecule has 0 saturated heterocycles. The second-order valence-electron chi connectivity index (χ2n) is 12.5. The quantitative estimate of drug-likeness (QED) is 0.561. The van der Waals surface area contributed by atoms with Crippen LogP contribution >= 0.6 is 0 Å². The molecule has 10 atom stereocenters. The van der Waals surface area contributed by atoms with E-state index >= 15 is 0 Å². The highest BCUT2D eigenvalue weighted by Crippen LogP contribution is 2.65. The summed E-state index contributed by atoms with van der Waals surface area (Å²) in [5, 5.41) is 14.6. The molecule has 4 aliphatic rings. The standard InChI is InChI=1S/C29H45NO/c1-19(21-8-6-5-7-9-21)30-20(2)26-12-13-27-25-11-10-22-18-28(3,31)16-14-23(22)24(25)15-17-29(26,27)4/h5-9,19-20,22-27,30-31H,10-18H2,1-4H3/t19-,20-,22+,23-,24+,25+,26+,27-,28+,29+/m0/s1. The fourth-order valence-corrected chi connectivity index (χ4v) is 9.29. The molecule has 2 N–H and O–H groups in total. The maximum atomic E-state index is 10.6. The van der Waals surface area contributed by atoms with Crippen molar-refractivity contribution in [3.05, 3.63) is 35.9 Å². The van der Waals surface area contributed by atoms with Crippen molar-refractivity contribution in [3.8, 4) is 0 Å². The Morgan fingerprint density at radius 1 is 0.871 bits per heavy atom. The summed E-state index contributed by atoms with van der Waals surface area (Å²) in [6, 6.07) is 11.9. The van der Waals surface area contributed by atoms with Crippen LogP contribution in [-0.4, -0.2) is 16.7 Å². The Balaban J connectivity index is 1.28. The van der Waals surface area contributed by atoms with Crippen molar-refractivity contribution in [1.29, 1.82) is 0 Å². The highest BCUT2D eigenvalue weighted by atomic mass is 16.3. The highest BCUT2D eigenvalue weighted by Gasteiger charge is 2.58. The summed E-state index contributed by atoms with van der Waals surface area (Å²) in [7, 11) is 0. The number of hydrogen-bond acceptors (Lipinski definition) is 2. The Hall–Kier alpha value is -0.860. The summed E-state index contributed by atoms with van der Waals surface area (Å²) in [6.45, 7) is 9.54. The molecule has 4 saturated carbocycles. The van der Waals surface area contributed by atoms with E-state index in [0.717, 1.165) is 48.3 Å². The summed E-state index contributed by atoms with van der Waals surface area (Å²) in [4.78, 5) is 0. The summed E-state index contributed by atoms with van der Waals surface area (Å²) < 4.78 is 0. The molecule has 4 aliphatic carbocycles. The smallest absolute Gasteiger partial charge is 0.0622 e. The van der Waals surface area contributed by atoms with Crippen molar-refractivity contribution in [2.24, 2.45) is 40.9 Å². The minimum atomic E-state index is -0.397. The molecule has 0 amide bonds. The topological polar surface area (TPSA) is 32.3 Å². The minimum absolute atomic E-state index is 0.397. The van der Waals surface area contributed by atoms with Crippen LogP contribution in [0.25, 0.3) is 0 Å². The van der Waals surface area contributed by atoms with E-state index in [0.29, 0.717) is 17.5 Å². The molecule has 4 fully saturated rings. The SMILES string of the molecule is C[C@H](N[C@@H](C)[C@H]1CC[C@H]2[C@@H]3CC[C@@H]4C[C@](C)(O)CC[C@@H]4[C@H]3CC[C@]12C)c1ccccc1. The van der Waals surface area contributed by atoms with Crippen LogP contribution in [0.1, 0.15) is 97.1 Å². The first-order valence-corrected chi connectivity index (χ1v) is 13.3. The molecule has 0 spiro atoms. The average Bonchev–Trinajstić information content (AvgIpc) is 3.10. The third-order valence-corrected chi connectivity index (χ3v) is 10.7. The van der Waals surface area contributed by atoms with Crippen molar-refractivity contribution in [2.45, 2.75) is 103 Å². The summed E-state index contributed by atoms with van der Waals surface area (Å²) in [6.07, 6.45) is 11.9. The molecule has 2 heteroatoms. The molecule has 0 heterocycles. The number of rotatable bonds is 4. The van der Waals surface area contributed by atoms with Gasteiger partial charge in [-0.3, -0.25) is 0 Å². The van der Waals surface area contributed by atoms with Crippen LogP contribution in [0, 0.1) is 40.9 Å². The Morgan fingerprint density at radius 2 is 1.61 bits per heavy atom. The number of nitrogens with one attached hydrogen (secondary N) is 1. The molecule has 0 bridgehead atoms. The van der Waals surface area contributed by atoms with Crippen LogP contribution in [0.5, 0.6) is 0 Å². The maximum Gasteiger partial charge on any atom is 0.0622 e. The van der Waals surface area contributed by atoms with Crippen molar-refractivity contribution >= 4 is 0 Å². The van der Waals surface area contributed by atoms with E-state index < -0.39 is 5.60 Å². The Bertz CT molecular complexity index is 759. The van der Waals surface area contributed by atoms with E-state index in [1.807, 2.05) is 0 Å². The highest BCUT2D eigenvalue weighted by molar-refractivity contribution is 5.18. The lowest BCUT2D eigenvalue weighted by atomic mass is 9.49. The van der Waals surface area contributed by atoms with Gasteiger partial charge in [0.15, 0.2) is 0 Å². The van der Waals surface area contributed by atoms with E-state index in [4.69, 9.17) is 0 Å². The van der Waals surface area contributed by atoms with Crippen molar-refractivity contribution in [2.75, 3.05) is 0 Å². The zero-order valence-electron chi connectivity index (χ0n) is 20.3. The normalized spacial score (nSPS) is 46.5. The minimum Gasteiger partial charge on any atom is -0.390 e. The second-order valence-corrected chi connectivity index (χ2v) is 12.5. The summed E-state index contributed by atoms with van der Waals surface area (Å²) in [5.74, 6) is 5.31. The molecule has 0 aliphatic heterocycles. The average molecular weight is 424 g/mol. The van der Waals surface area contributed by atoms with Crippen LogP contribution in [0.4, 0.5) is 0 Å². The van der Waals surface area contributed by atoms with E-state index in [-0.39, 0.29) is 0 Å². The molecule has 2 nitrogen and oxygen atoms in total. The van der Waals surface area contributed by atoms with Crippen molar-refractivity contribution < 1.29 is 5.11 Å². The Morgan fingerprint density at radius 3 is 2.39 bits per heavy atom. The molecule has 0 unspecified atom stereocenters. The molecule has 31 heavy (non-hydrogen) atoms.